The molecule has 2 aromatic heterocycles. The number of anilines is 2. The number of fused-ring (bicyclic) bond motifs is 2. The van der Waals surface area contributed by atoms with Crippen molar-refractivity contribution in [1.29, 1.82) is 0 Å². The summed E-state index contributed by atoms with van der Waals surface area (Å²) in [6.07, 6.45) is 2.95. The predicted octanol–water partition coefficient (Wildman–Crippen LogP) is 4.20. The van der Waals surface area contributed by atoms with E-state index in [-0.39, 0.29) is 0 Å². The van der Waals surface area contributed by atoms with Gasteiger partial charge in [-0.2, -0.15) is 0 Å². The number of nitrogen functional groups attached to an aromatic ring is 1. The SMILES string of the molecule is Nc1ccc(N2CCc3sccc3C2)c2ncc(Br)cc12. The van der Waals surface area contributed by atoms with E-state index in [1.165, 1.54) is 16.1 Å². The highest BCUT2D eigenvalue weighted by Crippen LogP contribution is 2.34. The van der Waals surface area contributed by atoms with Crippen LogP contribution in [-0.2, 0) is 13.0 Å². The van der Waals surface area contributed by atoms with Crippen molar-refractivity contribution in [3.63, 3.8) is 0 Å². The molecule has 21 heavy (non-hydrogen) atoms. The zero-order valence-electron chi connectivity index (χ0n) is 11.3. The first-order chi connectivity index (χ1) is 10.2. The van der Waals surface area contributed by atoms with Crippen molar-refractivity contribution < 1.29 is 0 Å². The number of thiophene rings is 1. The fourth-order valence-electron chi connectivity index (χ4n) is 2.91. The Bertz CT molecular complexity index is 828. The van der Waals surface area contributed by atoms with Crippen molar-refractivity contribution >= 4 is 49.5 Å². The van der Waals surface area contributed by atoms with Gasteiger partial charge in [0.2, 0.25) is 0 Å². The third-order valence-corrected chi connectivity index (χ3v) is 5.43. The van der Waals surface area contributed by atoms with Gasteiger partial charge in [-0.25, -0.2) is 0 Å². The zero-order valence-corrected chi connectivity index (χ0v) is 13.7. The molecular weight excluding hydrogens is 346 g/mol. The molecule has 5 heteroatoms. The molecule has 0 amide bonds. The number of halogens is 1. The minimum absolute atomic E-state index is 0.774. The summed E-state index contributed by atoms with van der Waals surface area (Å²) in [5.41, 5.74) is 10.5. The van der Waals surface area contributed by atoms with Gasteiger partial charge in [-0.05, 0) is 57.6 Å². The normalized spacial score (nSPS) is 14.4. The molecule has 106 valence electrons. The van der Waals surface area contributed by atoms with Crippen LogP contribution in [0.5, 0.6) is 0 Å². The predicted molar refractivity (Wildman–Crippen MR) is 92.9 cm³/mol. The van der Waals surface area contributed by atoms with Gasteiger partial charge in [0.1, 0.15) is 0 Å². The summed E-state index contributed by atoms with van der Waals surface area (Å²) >= 11 is 5.34. The smallest absolute Gasteiger partial charge is 0.0956 e. The maximum Gasteiger partial charge on any atom is 0.0956 e. The van der Waals surface area contributed by atoms with Crippen LogP contribution in [0.2, 0.25) is 0 Å². The third kappa shape index (κ3) is 2.21. The number of hydrogen-bond donors (Lipinski definition) is 1. The van der Waals surface area contributed by atoms with Gasteiger partial charge in [0.15, 0.2) is 0 Å². The Morgan fingerprint density at radius 2 is 2.19 bits per heavy atom. The molecule has 0 saturated heterocycles. The molecule has 0 fully saturated rings. The van der Waals surface area contributed by atoms with Gasteiger partial charge in [0.25, 0.3) is 0 Å². The van der Waals surface area contributed by atoms with E-state index in [1.807, 2.05) is 29.7 Å². The minimum atomic E-state index is 0.774. The number of nitrogens with two attached hydrogens (primary N) is 1. The monoisotopic (exact) mass is 359 g/mol. The molecule has 1 aliphatic rings. The van der Waals surface area contributed by atoms with E-state index in [9.17, 15) is 0 Å². The summed E-state index contributed by atoms with van der Waals surface area (Å²) in [6.45, 7) is 1.99. The summed E-state index contributed by atoms with van der Waals surface area (Å²) < 4.78 is 0.956. The number of aromatic nitrogens is 1. The molecule has 0 saturated carbocycles. The van der Waals surface area contributed by atoms with E-state index in [4.69, 9.17) is 5.73 Å². The molecule has 2 N–H and O–H groups in total. The van der Waals surface area contributed by atoms with Gasteiger partial charge in [-0.15, -0.1) is 11.3 Å². The summed E-state index contributed by atoms with van der Waals surface area (Å²) in [5.74, 6) is 0. The van der Waals surface area contributed by atoms with Crippen molar-refractivity contribution in [1.82, 2.24) is 4.98 Å². The first-order valence-electron chi connectivity index (χ1n) is 6.86. The number of hydrogen-bond acceptors (Lipinski definition) is 4. The van der Waals surface area contributed by atoms with Crippen LogP contribution in [0.4, 0.5) is 11.4 Å². The van der Waals surface area contributed by atoms with Crippen LogP contribution < -0.4 is 10.6 Å². The third-order valence-electron chi connectivity index (χ3n) is 3.98. The molecule has 1 aliphatic heterocycles. The molecule has 4 rings (SSSR count). The van der Waals surface area contributed by atoms with E-state index in [0.717, 1.165) is 40.6 Å². The Morgan fingerprint density at radius 3 is 3.10 bits per heavy atom. The van der Waals surface area contributed by atoms with Crippen LogP contribution in [0, 0.1) is 0 Å². The van der Waals surface area contributed by atoms with Gasteiger partial charge in [-0.3, -0.25) is 4.98 Å². The van der Waals surface area contributed by atoms with E-state index < -0.39 is 0 Å². The summed E-state index contributed by atoms with van der Waals surface area (Å²) in [6, 6.07) is 8.35. The molecule has 0 bridgehead atoms. The second-order valence-corrected chi connectivity index (χ2v) is 7.18. The number of rotatable bonds is 1. The maximum absolute atomic E-state index is 6.11. The van der Waals surface area contributed by atoms with E-state index in [0.29, 0.717) is 0 Å². The van der Waals surface area contributed by atoms with E-state index in [1.54, 1.807) is 0 Å². The topological polar surface area (TPSA) is 42.1 Å². The van der Waals surface area contributed by atoms with Crippen LogP contribution in [0.3, 0.4) is 0 Å². The van der Waals surface area contributed by atoms with Crippen molar-refractivity contribution in [3.8, 4) is 0 Å². The van der Waals surface area contributed by atoms with E-state index >= 15 is 0 Å². The number of nitrogens with zero attached hydrogens (tertiary/aromatic N) is 2. The molecule has 0 radical (unpaired) electrons. The highest BCUT2D eigenvalue weighted by atomic mass is 79.9. The molecule has 3 aromatic rings. The molecule has 1 aromatic carbocycles. The van der Waals surface area contributed by atoms with Crippen molar-refractivity contribution in [3.05, 3.63) is 50.8 Å². The van der Waals surface area contributed by atoms with Crippen molar-refractivity contribution in [2.75, 3.05) is 17.2 Å². The Balaban J connectivity index is 1.83. The largest absolute Gasteiger partial charge is 0.398 e. The van der Waals surface area contributed by atoms with Crippen LogP contribution in [0.1, 0.15) is 10.4 Å². The van der Waals surface area contributed by atoms with Crippen LogP contribution in [-0.4, -0.2) is 11.5 Å². The van der Waals surface area contributed by atoms with Gasteiger partial charge in [-0.1, -0.05) is 0 Å². The lowest BCUT2D eigenvalue weighted by molar-refractivity contribution is 0.746. The molecular formula is C16H14BrN3S. The lowest BCUT2D eigenvalue weighted by Gasteiger charge is -2.29. The van der Waals surface area contributed by atoms with E-state index in [2.05, 4.69) is 43.3 Å². The highest BCUT2D eigenvalue weighted by molar-refractivity contribution is 9.10. The number of pyridine rings is 1. The Morgan fingerprint density at radius 1 is 1.29 bits per heavy atom. The molecule has 0 spiro atoms. The van der Waals surface area contributed by atoms with Gasteiger partial charge in [0.05, 0.1) is 11.2 Å². The fourth-order valence-corrected chi connectivity index (χ4v) is 4.13. The van der Waals surface area contributed by atoms with Crippen molar-refractivity contribution in [2.45, 2.75) is 13.0 Å². The summed E-state index contributed by atoms with van der Waals surface area (Å²) in [5, 5.41) is 3.20. The quantitative estimate of drug-likeness (QED) is 0.662. The highest BCUT2D eigenvalue weighted by Gasteiger charge is 2.20. The Kier molecular flexibility index (Phi) is 3.12. The lowest BCUT2D eigenvalue weighted by Crippen LogP contribution is -2.29. The first kappa shape index (κ1) is 13.1. The number of benzene rings is 1. The van der Waals surface area contributed by atoms with Crippen LogP contribution >= 0.6 is 27.3 Å². The standard InChI is InChI=1S/C16H14BrN3S/c17-11-7-12-13(18)1-2-14(16(12)19-8-11)20-5-3-15-10(9-20)4-6-21-15/h1-2,4,6-8H,3,5,9,18H2. The Hall–Kier alpha value is -1.59. The average molecular weight is 360 g/mol. The summed E-state index contributed by atoms with van der Waals surface area (Å²) in [7, 11) is 0. The first-order valence-corrected chi connectivity index (χ1v) is 8.53. The van der Waals surface area contributed by atoms with Crippen LogP contribution in [0.15, 0.2) is 40.3 Å². The lowest BCUT2D eigenvalue weighted by atomic mass is 10.1. The van der Waals surface area contributed by atoms with Crippen LogP contribution in [0.25, 0.3) is 10.9 Å². The van der Waals surface area contributed by atoms with Gasteiger partial charge < -0.3 is 10.6 Å². The molecule has 3 heterocycles. The zero-order chi connectivity index (χ0) is 14.4. The van der Waals surface area contributed by atoms with Crippen molar-refractivity contribution in [2.24, 2.45) is 0 Å². The summed E-state index contributed by atoms with van der Waals surface area (Å²) in [4.78, 5) is 8.51. The molecule has 3 nitrogen and oxygen atoms in total. The van der Waals surface area contributed by atoms with Gasteiger partial charge >= 0.3 is 0 Å². The fraction of sp³-hybridized carbons (Fsp3) is 0.188. The van der Waals surface area contributed by atoms with Gasteiger partial charge in [0, 0.05) is 39.7 Å². The Labute approximate surface area is 135 Å². The average Bonchev–Trinajstić information content (AvgIpc) is 2.95. The second-order valence-electron chi connectivity index (χ2n) is 5.26. The molecule has 0 unspecified atom stereocenters. The minimum Gasteiger partial charge on any atom is -0.398 e. The molecule has 0 aliphatic carbocycles. The molecule has 0 atom stereocenters. The maximum atomic E-state index is 6.11. The second kappa shape index (κ2) is 5.00.